The summed E-state index contributed by atoms with van der Waals surface area (Å²) in [5, 5.41) is 13.6. The van der Waals surface area contributed by atoms with E-state index >= 15 is 0 Å². The van der Waals surface area contributed by atoms with Gasteiger partial charge in [-0.1, -0.05) is 46.3 Å². The van der Waals surface area contributed by atoms with Crippen LogP contribution in [0.25, 0.3) is 0 Å². The largest absolute Gasteiger partial charge is 0.359 e. The number of hydrogen-bond donors (Lipinski definition) is 2. The van der Waals surface area contributed by atoms with Crippen LogP contribution in [-0.4, -0.2) is 22.4 Å². The fourth-order valence-corrected chi connectivity index (χ4v) is 2.22. The third-order valence-corrected chi connectivity index (χ3v) is 3.72. The highest BCUT2D eigenvalue weighted by Gasteiger charge is 2.25. The zero-order chi connectivity index (χ0) is 13.0. The minimum Gasteiger partial charge on any atom is -0.359 e. The first-order valence-corrected chi connectivity index (χ1v) is 6.70. The van der Waals surface area contributed by atoms with E-state index in [1.165, 1.54) is 0 Å². The summed E-state index contributed by atoms with van der Waals surface area (Å²) in [6.45, 7) is 3.06. The smallest absolute Gasteiger partial charge is 0.192 e. The lowest BCUT2D eigenvalue weighted by molar-refractivity contribution is -0.0919. The van der Waals surface area contributed by atoms with Crippen LogP contribution in [0.1, 0.15) is 12.5 Å². The van der Waals surface area contributed by atoms with Gasteiger partial charge in [0.1, 0.15) is 0 Å². The normalized spacial score (nSPS) is 17.8. The van der Waals surface area contributed by atoms with Gasteiger partial charge >= 0.3 is 0 Å². The first-order valence-electron chi connectivity index (χ1n) is 5.90. The van der Waals surface area contributed by atoms with Crippen molar-refractivity contribution >= 4 is 15.9 Å². The second kappa shape index (κ2) is 5.69. The van der Waals surface area contributed by atoms with E-state index in [1.807, 2.05) is 53.6 Å². The molecule has 1 atom stereocenters. The number of benzene rings is 1. The molecule has 0 spiro atoms. The average molecular weight is 309 g/mol. The number of nitrogens with zero attached hydrogens (tertiary/aromatic N) is 1. The Balaban J connectivity index is 1.98. The van der Waals surface area contributed by atoms with Gasteiger partial charge in [0.05, 0.1) is 0 Å². The number of nitrogens with one attached hydrogen (secondary N) is 1. The minimum absolute atomic E-state index is 0.600. The van der Waals surface area contributed by atoms with Crippen LogP contribution in [-0.2, 0) is 6.54 Å². The molecule has 18 heavy (non-hydrogen) atoms. The first-order chi connectivity index (χ1) is 8.59. The van der Waals surface area contributed by atoms with Crippen molar-refractivity contribution in [3.63, 3.8) is 0 Å². The van der Waals surface area contributed by atoms with Gasteiger partial charge in [0.15, 0.2) is 5.85 Å². The fraction of sp³-hybridized carbons (Fsp3) is 0.286. The van der Waals surface area contributed by atoms with Crippen molar-refractivity contribution in [2.45, 2.75) is 19.3 Å². The Bertz CT molecular complexity index is 469. The topological polar surface area (TPSA) is 35.5 Å². The van der Waals surface area contributed by atoms with Crippen LogP contribution in [0.5, 0.6) is 0 Å². The standard InChI is InChI=1S/C14H17BrN2O/c1-14(18,17-9-5-2-6-10-17)16-11-12-7-3-4-8-13(12)15/h2-9,16,18H,10-11H2,1H3. The molecule has 96 valence electrons. The third kappa shape index (κ3) is 3.22. The molecule has 2 rings (SSSR count). The van der Waals surface area contributed by atoms with E-state index in [-0.39, 0.29) is 0 Å². The van der Waals surface area contributed by atoms with Crippen molar-refractivity contribution < 1.29 is 5.11 Å². The molecule has 1 aromatic carbocycles. The maximum atomic E-state index is 10.4. The van der Waals surface area contributed by atoms with Crippen LogP contribution in [0.4, 0.5) is 0 Å². The third-order valence-electron chi connectivity index (χ3n) is 2.95. The van der Waals surface area contributed by atoms with E-state index in [0.717, 1.165) is 10.0 Å². The summed E-state index contributed by atoms with van der Waals surface area (Å²) in [6.07, 6.45) is 7.78. The Morgan fingerprint density at radius 3 is 2.83 bits per heavy atom. The van der Waals surface area contributed by atoms with Gasteiger partial charge < -0.3 is 10.0 Å². The molecule has 1 aromatic rings. The molecule has 0 saturated carbocycles. The van der Waals surface area contributed by atoms with E-state index in [9.17, 15) is 5.11 Å². The maximum Gasteiger partial charge on any atom is 0.192 e. The average Bonchev–Trinajstić information content (AvgIpc) is 2.39. The van der Waals surface area contributed by atoms with Crippen molar-refractivity contribution in [1.29, 1.82) is 0 Å². The summed E-state index contributed by atoms with van der Waals surface area (Å²) in [5.41, 5.74) is 1.12. The van der Waals surface area contributed by atoms with Gasteiger partial charge in [-0.25, -0.2) is 0 Å². The summed E-state index contributed by atoms with van der Waals surface area (Å²) in [7, 11) is 0. The Hall–Kier alpha value is -1.10. The molecule has 0 aromatic heterocycles. The van der Waals surface area contributed by atoms with Gasteiger partial charge in [0.2, 0.25) is 0 Å². The van der Waals surface area contributed by atoms with Gasteiger partial charge in [0, 0.05) is 23.8 Å². The Morgan fingerprint density at radius 2 is 2.17 bits per heavy atom. The summed E-state index contributed by atoms with van der Waals surface area (Å²) >= 11 is 3.50. The molecule has 0 bridgehead atoms. The lowest BCUT2D eigenvalue weighted by Crippen LogP contribution is -2.54. The van der Waals surface area contributed by atoms with Crippen molar-refractivity contribution in [3.05, 3.63) is 58.7 Å². The van der Waals surface area contributed by atoms with E-state index in [1.54, 1.807) is 6.92 Å². The monoisotopic (exact) mass is 308 g/mol. The van der Waals surface area contributed by atoms with Crippen LogP contribution in [0, 0.1) is 0 Å². The van der Waals surface area contributed by atoms with Crippen LogP contribution in [0.2, 0.25) is 0 Å². The molecular formula is C14H17BrN2O. The molecular weight excluding hydrogens is 292 g/mol. The Morgan fingerprint density at radius 1 is 1.39 bits per heavy atom. The summed E-state index contributed by atoms with van der Waals surface area (Å²) in [6, 6.07) is 7.98. The first kappa shape index (κ1) is 13.3. The molecule has 1 aliphatic heterocycles. The Labute approximate surface area is 116 Å². The summed E-state index contributed by atoms with van der Waals surface area (Å²) < 4.78 is 1.04. The van der Waals surface area contributed by atoms with Crippen molar-refractivity contribution in [1.82, 2.24) is 10.2 Å². The number of aliphatic hydroxyl groups is 1. The number of halogens is 1. The summed E-state index contributed by atoms with van der Waals surface area (Å²) in [4.78, 5) is 1.85. The van der Waals surface area contributed by atoms with Gasteiger partial charge in [0.25, 0.3) is 0 Å². The van der Waals surface area contributed by atoms with Gasteiger partial charge in [-0.3, -0.25) is 5.32 Å². The zero-order valence-corrected chi connectivity index (χ0v) is 11.9. The number of rotatable bonds is 4. The molecule has 0 fully saturated rings. The molecule has 1 aliphatic rings. The Kier molecular flexibility index (Phi) is 4.22. The van der Waals surface area contributed by atoms with E-state index < -0.39 is 5.85 Å². The van der Waals surface area contributed by atoms with Gasteiger partial charge in [-0.05, 0) is 24.6 Å². The quantitative estimate of drug-likeness (QED) is 0.839. The van der Waals surface area contributed by atoms with Crippen LogP contribution in [0.15, 0.2) is 53.2 Å². The minimum atomic E-state index is -1.06. The molecule has 4 heteroatoms. The number of hydrogen-bond acceptors (Lipinski definition) is 3. The fourth-order valence-electron chi connectivity index (χ4n) is 1.80. The maximum absolute atomic E-state index is 10.4. The molecule has 2 N–H and O–H groups in total. The van der Waals surface area contributed by atoms with Gasteiger partial charge in [-0.15, -0.1) is 0 Å². The van der Waals surface area contributed by atoms with Crippen molar-refractivity contribution in [2.24, 2.45) is 0 Å². The highest BCUT2D eigenvalue weighted by molar-refractivity contribution is 9.10. The van der Waals surface area contributed by atoms with Crippen LogP contribution >= 0.6 is 15.9 Å². The van der Waals surface area contributed by atoms with E-state index in [2.05, 4.69) is 21.2 Å². The molecule has 0 radical (unpaired) electrons. The van der Waals surface area contributed by atoms with E-state index in [4.69, 9.17) is 0 Å². The van der Waals surface area contributed by atoms with Crippen molar-refractivity contribution in [3.8, 4) is 0 Å². The van der Waals surface area contributed by atoms with Crippen molar-refractivity contribution in [2.75, 3.05) is 6.54 Å². The zero-order valence-electron chi connectivity index (χ0n) is 10.3. The summed E-state index contributed by atoms with van der Waals surface area (Å²) in [5.74, 6) is -1.06. The van der Waals surface area contributed by atoms with Crippen LogP contribution in [0.3, 0.4) is 0 Å². The molecule has 0 aliphatic carbocycles. The van der Waals surface area contributed by atoms with E-state index in [0.29, 0.717) is 13.1 Å². The number of allylic oxidation sites excluding steroid dienone is 2. The second-order valence-corrected chi connectivity index (χ2v) is 5.24. The predicted molar refractivity (Wildman–Crippen MR) is 76.6 cm³/mol. The highest BCUT2D eigenvalue weighted by Crippen LogP contribution is 2.18. The lowest BCUT2D eigenvalue weighted by atomic mass is 10.2. The molecule has 1 heterocycles. The molecule has 0 saturated heterocycles. The molecule has 0 amide bonds. The van der Waals surface area contributed by atoms with Crippen LogP contribution < -0.4 is 5.32 Å². The predicted octanol–water partition coefficient (Wildman–Crippen LogP) is 2.59. The second-order valence-electron chi connectivity index (χ2n) is 4.39. The lowest BCUT2D eigenvalue weighted by Gasteiger charge is -2.37. The molecule has 3 nitrogen and oxygen atoms in total. The highest BCUT2D eigenvalue weighted by atomic mass is 79.9. The SMILES string of the molecule is CC(O)(NCc1ccccc1Br)N1C=CC=CC1. The van der Waals surface area contributed by atoms with Gasteiger partial charge in [-0.2, -0.15) is 0 Å². The molecule has 1 unspecified atom stereocenters.